The standard InChI is InChI=1S/C62H90N2O4/c1-37(47-21-23-49-43-19-17-39-35-41(65)25-29-59(39,3)51(43)27-31-61(47,49)5)11-9-33-63-53-15-7-13-45-55(53)58(68)56-46(57(45)67)14-8-16-54(56)64-34-10-12-38(2)48-22-24-50-44-20-18-40-36-42(66)26-30-60(40,4)52(44)28-32-62(48,50)6/h7-8,13-16,37-44,47-52,63-66H,9-12,17-36H2,1-6H3/t37-,38-,39?,40?,41-,42-,43+,44+,47-,48-,49+,50+,51+,52+,59+,60+,61-,62-/m1/s1. The lowest BCUT2D eigenvalue weighted by Gasteiger charge is -2.61. The van der Waals surface area contributed by atoms with E-state index in [0.29, 0.717) is 55.7 Å². The number of anilines is 2. The minimum absolute atomic E-state index is 0.0387. The smallest absolute Gasteiger partial charge is 0.198 e. The summed E-state index contributed by atoms with van der Waals surface area (Å²) in [5.74, 6) is 9.34. The lowest BCUT2D eigenvalue weighted by molar-refractivity contribution is -0.129. The molecule has 0 aromatic heterocycles. The van der Waals surface area contributed by atoms with Gasteiger partial charge in [-0.15, -0.1) is 0 Å². The van der Waals surface area contributed by atoms with Crippen LogP contribution in [0.5, 0.6) is 0 Å². The number of hydrogen-bond donors (Lipinski definition) is 4. The number of benzene rings is 2. The Hall–Kier alpha value is -2.70. The first-order valence-corrected chi connectivity index (χ1v) is 28.8. The molecular weight excluding hydrogens is 837 g/mol. The molecule has 9 aliphatic carbocycles. The highest BCUT2D eigenvalue weighted by atomic mass is 16.3. The summed E-state index contributed by atoms with van der Waals surface area (Å²) in [5, 5.41) is 28.4. The highest BCUT2D eigenvalue weighted by Gasteiger charge is 2.62. The van der Waals surface area contributed by atoms with Gasteiger partial charge in [0.2, 0.25) is 0 Å². The van der Waals surface area contributed by atoms with Crippen LogP contribution < -0.4 is 10.6 Å². The average molecular weight is 927 g/mol. The van der Waals surface area contributed by atoms with Gasteiger partial charge in [0.05, 0.1) is 23.3 Å². The number of fused-ring (bicyclic) bond motifs is 12. The number of ketones is 2. The zero-order valence-electron chi connectivity index (χ0n) is 43.2. The number of hydrogen-bond acceptors (Lipinski definition) is 6. The monoisotopic (exact) mass is 927 g/mol. The molecule has 2 aromatic carbocycles. The second-order valence-corrected chi connectivity index (χ2v) is 26.8. The van der Waals surface area contributed by atoms with E-state index in [4.69, 9.17) is 0 Å². The fourth-order valence-electron chi connectivity index (χ4n) is 20.7. The van der Waals surface area contributed by atoms with Gasteiger partial charge >= 0.3 is 0 Å². The predicted molar refractivity (Wildman–Crippen MR) is 276 cm³/mol. The van der Waals surface area contributed by atoms with E-state index in [-0.39, 0.29) is 23.8 Å². The van der Waals surface area contributed by atoms with Crippen molar-refractivity contribution in [3.63, 3.8) is 0 Å². The third-order valence-corrected chi connectivity index (χ3v) is 24.2. The summed E-state index contributed by atoms with van der Waals surface area (Å²) < 4.78 is 0. The molecule has 0 radical (unpaired) electrons. The third kappa shape index (κ3) is 7.64. The number of nitrogens with one attached hydrogen (secondary N) is 2. The maximum Gasteiger partial charge on any atom is 0.198 e. The van der Waals surface area contributed by atoms with Crippen LogP contribution in [0.3, 0.4) is 0 Å². The van der Waals surface area contributed by atoms with E-state index < -0.39 is 0 Å². The van der Waals surface area contributed by atoms with Gasteiger partial charge in [-0.25, -0.2) is 0 Å². The van der Waals surface area contributed by atoms with Crippen LogP contribution in [0, 0.1) is 92.7 Å². The summed E-state index contributed by atoms with van der Waals surface area (Å²) in [6.45, 7) is 17.2. The Morgan fingerprint density at radius 1 is 0.515 bits per heavy atom. The SMILES string of the molecule is C[C@H](CCCNc1cccc2c1C(=O)c1c(NCCC[C@@H](C)[C@H]3CC[C@H]4[C@@H]5CCC6C[C@H](O)CC[C@]6(C)[C@H]5CC[C@]34C)cccc1C2=O)[C@H]1CC[C@H]2[C@@H]3CCC4C[C@H](O)CC[C@]4(C)[C@H]3CC[C@]12C. The minimum Gasteiger partial charge on any atom is -0.393 e. The van der Waals surface area contributed by atoms with Crippen LogP contribution in [0.2, 0.25) is 0 Å². The first-order valence-electron chi connectivity index (χ1n) is 28.8. The average Bonchev–Trinajstić information content (AvgIpc) is 3.88. The Balaban J connectivity index is 0.685. The van der Waals surface area contributed by atoms with Crippen molar-refractivity contribution >= 4 is 22.9 Å². The van der Waals surface area contributed by atoms with E-state index >= 15 is 0 Å². The zero-order valence-corrected chi connectivity index (χ0v) is 43.2. The van der Waals surface area contributed by atoms with Crippen molar-refractivity contribution in [1.29, 1.82) is 0 Å². The topological polar surface area (TPSA) is 98.7 Å². The number of carbonyl (C=O) groups is 2. The van der Waals surface area contributed by atoms with Crippen molar-refractivity contribution in [2.75, 3.05) is 23.7 Å². The molecule has 0 spiro atoms. The number of rotatable bonds is 12. The first-order chi connectivity index (χ1) is 32.7. The highest BCUT2D eigenvalue weighted by molar-refractivity contribution is 6.31. The van der Waals surface area contributed by atoms with Gasteiger partial charge in [-0.2, -0.15) is 0 Å². The van der Waals surface area contributed by atoms with E-state index in [9.17, 15) is 19.8 Å². The number of aliphatic hydroxyl groups excluding tert-OH is 2. The minimum atomic E-state index is -0.0746. The van der Waals surface area contributed by atoms with Crippen molar-refractivity contribution < 1.29 is 19.8 Å². The fraction of sp³-hybridized carbons (Fsp3) is 0.774. The van der Waals surface area contributed by atoms with Gasteiger partial charge in [0.1, 0.15) is 0 Å². The van der Waals surface area contributed by atoms with Gasteiger partial charge in [-0.05, 0) is 246 Å². The fourth-order valence-corrected chi connectivity index (χ4v) is 20.7. The molecule has 2 unspecified atom stereocenters. The molecule has 0 aliphatic heterocycles. The molecule has 372 valence electrons. The summed E-state index contributed by atoms with van der Waals surface area (Å²) in [5.41, 5.74) is 5.46. The number of aliphatic hydroxyl groups is 2. The van der Waals surface area contributed by atoms with Crippen molar-refractivity contribution in [3.8, 4) is 0 Å². The summed E-state index contributed by atoms with van der Waals surface area (Å²) in [7, 11) is 0. The van der Waals surface area contributed by atoms with Crippen LogP contribution in [0.4, 0.5) is 11.4 Å². The molecule has 8 saturated carbocycles. The van der Waals surface area contributed by atoms with E-state index in [1.54, 1.807) is 0 Å². The number of carbonyl (C=O) groups excluding carboxylic acids is 2. The Morgan fingerprint density at radius 3 is 1.37 bits per heavy atom. The highest BCUT2D eigenvalue weighted by Crippen LogP contribution is 2.70. The van der Waals surface area contributed by atoms with Crippen LogP contribution in [-0.4, -0.2) is 47.1 Å². The second kappa shape index (κ2) is 18.1. The molecule has 68 heavy (non-hydrogen) atoms. The molecular formula is C62H90N2O4. The summed E-state index contributed by atoms with van der Waals surface area (Å²) in [4.78, 5) is 28.8. The third-order valence-electron chi connectivity index (χ3n) is 24.2. The maximum absolute atomic E-state index is 14.6. The van der Waals surface area contributed by atoms with Crippen molar-refractivity contribution in [2.45, 2.75) is 195 Å². The van der Waals surface area contributed by atoms with Gasteiger partial charge in [-0.3, -0.25) is 9.59 Å². The Morgan fingerprint density at radius 2 is 0.926 bits per heavy atom. The van der Waals surface area contributed by atoms with Gasteiger partial charge in [0.15, 0.2) is 11.6 Å². The molecule has 0 heterocycles. The van der Waals surface area contributed by atoms with Crippen LogP contribution in [-0.2, 0) is 0 Å². The molecule has 0 amide bonds. The van der Waals surface area contributed by atoms with Gasteiger partial charge in [0.25, 0.3) is 0 Å². The summed E-state index contributed by atoms with van der Waals surface area (Å²) in [6, 6.07) is 11.6. The van der Waals surface area contributed by atoms with Crippen LogP contribution in [0.15, 0.2) is 36.4 Å². The van der Waals surface area contributed by atoms with Gasteiger partial charge in [0, 0.05) is 35.6 Å². The second-order valence-electron chi connectivity index (χ2n) is 26.8. The van der Waals surface area contributed by atoms with Gasteiger partial charge < -0.3 is 20.8 Å². The van der Waals surface area contributed by atoms with Crippen molar-refractivity contribution in [2.24, 2.45) is 92.7 Å². The Labute approximate surface area is 411 Å². The predicted octanol–water partition coefficient (Wildman–Crippen LogP) is 14.2. The van der Waals surface area contributed by atoms with E-state index in [1.807, 2.05) is 36.4 Å². The largest absolute Gasteiger partial charge is 0.393 e. The van der Waals surface area contributed by atoms with Gasteiger partial charge in [-0.1, -0.05) is 65.8 Å². The molecule has 0 bridgehead atoms. The molecule has 4 N–H and O–H groups in total. The van der Waals surface area contributed by atoms with Crippen molar-refractivity contribution in [1.82, 2.24) is 0 Å². The summed E-state index contributed by atoms with van der Waals surface area (Å²) in [6.07, 6.45) is 27.3. The lowest BCUT2D eigenvalue weighted by atomic mass is 9.44. The lowest BCUT2D eigenvalue weighted by Crippen LogP contribution is -2.54. The summed E-state index contributed by atoms with van der Waals surface area (Å²) >= 11 is 0. The maximum atomic E-state index is 14.6. The molecule has 2 aromatic rings. The molecule has 9 aliphatic rings. The van der Waals surface area contributed by atoms with E-state index in [2.05, 4.69) is 52.2 Å². The Bertz CT molecular complexity index is 2070. The zero-order chi connectivity index (χ0) is 47.3. The molecule has 6 nitrogen and oxygen atoms in total. The molecule has 11 rings (SSSR count). The molecule has 6 heteroatoms. The van der Waals surface area contributed by atoms with Crippen molar-refractivity contribution in [3.05, 3.63) is 58.7 Å². The van der Waals surface area contributed by atoms with Crippen LogP contribution in [0.25, 0.3) is 0 Å². The first kappa shape index (κ1) is 47.6. The Kier molecular flexibility index (Phi) is 12.7. The normalized spacial score (nSPS) is 43.4. The molecule has 0 saturated heterocycles. The van der Waals surface area contributed by atoms with E-state index in [1.165, 1.54) is 103 Å². The molecule has 8 fully saturated rings. The van der Waals surface area contributed by atoms with Crippen LogP contribution in [0.1, 0.15) is 215 Å². The quantitative estimate of drug-likeness (QED) is 0.135. The molecule has 18 atom stereocenters. The van der Waals surface area contributed by atoms with Crippen LogP contribution >= 0.6 is 0 Å². The van der Waals surface area contributed by atoms with E-state index in [0.717, 1.165) is 122 Å².